The number of ether oxygens (including phenoxy) is 1. The predicted octanol–water partition coefficient (Wildman–Crippen LogP) is 2.80. The zero-order valence-electron chi connectivity index (χ0n) is 11.5. The number of methoxy groups -OCH3 is 1. The summed E-state index contributed by atoms with van der Waals surface area (Å²) in [7, 11) is 1.70. The van der Waals surface area contributed by atoms with Gasteiger partial charge in [-0.3, -0.25) is 0 Å². The zero-order valence-corrected chi connectivity index (χ0v) is 11.5. The molecule has 0 amide bonds. The van der Waals surface area contributed by atoms with Crippen molar-refractivity contribution in [3.63, 3.8) is 0 Å². The Morgan fingerprint density at radius 3 is 2.84 bits per heavy atom. The molecular weight excluding hydrogens is 238 g/mol. The third kappa shape index (κ3) is 1.93. The number of hydrogen-bond acceptors (Lipinski definition) is 4. The maximum atomic E-state index is 5.28. The predicted molar refractivity (Wildman–Crippen MR) is 75.2 cm³/mol. The van der Waals surface area contributed by atoms with E-state index < -0.39 is 0 Å². The molecule has 0 spiro atoms. The van der Waals surface area contributed by atoms with Crippen molar-refractivity contribution in [2.24, 2.45) is 0 Å². The minimum absolute atomic E-state index is 0.913. The number of nitrogens with zero attached hydrogens (tertiary/aromatic N) is 3. The third-order valence-electron chi connectivity index (χ3n) is 3.75. The van der Waals surface area contributed by atoms with Crippen LogP contribution < -0.4 is 9.64 Å². The highest BCUT2D eigenvalue weighted by atomic mass is 16.5. The van der Waals surface area contributed by atoms with Crippen LogP contribution in [0.5, 0.6) is 5.75 Å². The molecule has 0 fully saturated rings. The minimum atomic E-state index is 0.913. The summed E-state index contributed by atoms with van der Waals surface area (Å²) in [4.78, 5) is 10.9. The van der Waals surface area contributed by atoms with Crippen LogP contribution in [0.3, 0.4) is 0 Å². The Morgan fingerprint density at radius 1 is 1.21 bits per heavy atom. The first-order valence-corrected chi connectivity index (χ1v) is 6.43. The van der Waals surface area contributed by atoms with Gasteiger partial charge in [0.05, 0.1) is 7.11 Å². The van der Waals surface area contributed by atoms with Crippen molar-refractivity contribution < 1.29 is 4.74 Å². The fraction of sp³-hybridized carbons (Fsp3) is 0.333. The van der Waals surface area contributed by atoms with Crippen LogP contribution in [0.2, 0.25) is 0 Å². The molecule has 0 saturated carbocycles. The van der Waals surface area contributed by atoms with Gasteiger partial charge in [-0.15, -0.1) is 0 Å². The summed E-state index contributed by atoms with van der Waals surface area (Å²) in [6.45, 7) is 5.05. The average molecular weight is 255 g/mol. The lowest BCUT2D eigenvalue weighted by atomic mass is 10.1. The maximum absolute atomic E-state index is 5.28. The second-order valence-electron chi connectivity index (χ2n) is 4.80. The highest BCUT2D eigenvalue weighted by Crippen LogP contribution is 2.36. The van der Waals surface area contributed by atoms with Crippen LogP contribution in [0, 0.1) is 13.8 Å². The quantitative estimate of drug-likeness (QED) is 0.827. The SMILES string of the molecule is COc1ccc2c(c1)CCN2c1ncnc(C)c1C. The molecule has 19 heavy (non-hydrogen) atoms. The van der Waals surface area contributed by atoms with Gasteiger partial charge in [0, 0.05) is 23.5 Å². The van der Waals surface area contributed by atoms with Crippen LogP contribution in [0.4, 0.5) is 11.5 Å². The van der Waals surface area contributed by atoms with Gasteiger partial charge >= 0.3 is 0 Å². The van der Waals surface area contributed by atoms with Gasteiger partial charge in [0.2, 0.25) is 0 Å². The Balaban J connectivity index is 2.05. The van der Waals surface area contributed by atoms with Crippen molar-refractivity contribution in [1.82, 2.24) is 9.97 Å². The van der Waals surface area contributed by atoms with E-state index in [0.29, 0.717) is 0 Å². The second-order valence-corrected chi connectivity index (χ2v) is 4.80. The largest absolute Gasteiger partial charge is 0.497 e. The van der Waals surface area contributed by atoms with Crippen LogP contribution in [-0.4, -0.2) is 23.6 Å². The molecule has 4 nitrogen and oxygen atoms in total. The number of rotatable bonds is 2. The summed E-state index contributed by atoms with van der Waals surface area (Å²) >= 11 is 0. The van der Waals surface area contributed by atoms with E-state index in [2.05, 4.69) is 33.9 Å². The van der Waals surface area contributed by atoms with Gasteiger partial charge in [-0.2, -0.15) is 0 Å². The summed E-state index contributed by atoms with van der Waals surface area (Å²) < 4.78 is 5.28. The van der Waals surface area contributed by atoms with Crippen LogP contribution in [-0.2, 0) is 6.42 Å². The lowest BCUT2D eigenvalue weighted by molar-refractivity contribution is 0.414. The lowest BCUT2D eigenvalue weighted by Gasteiger charge is -2.20. The third-order valence-corrected chi connectivity index (χ3v) is 3.75. The monoisotopic (exact) mass is 255 g/mol. The van der Waals surface area contributed by atoms with Gasteiger partial charge < -0.3 is 9.64 Å². The van der Waals surface area contributed by atoms with Gasteiger partial charge in [-0.1, -0.05) is 0 Å². The standard InChI is InChI=1S/C15H17N3O/c1-10-11(2)16-9-17-15(10)18-7-6-12-8-13(19-3)4-5-14(12)18/h4-5,8-9H,6-7H2,1-3H3. The van der Waals surface area contributed by atoms with Crippen molar-refractivity contribution in [3.05, 3.63) is 41.3 Å². The summed E-state index contributed by atoms with van der Waals surface area (Å²) in [6, 6.07) is 6.22. The van der Waals surface area contributed by atoms with Crippen LogP contribution >= 0.6 is 0 Å². The molecule has 2 heterocycles. The summed E-state index contributed by atoms with van der Waals surface area (Å²) in [5.41, 5.74) is 4.72. The van der Waals surface area contributed by atoms with E-state index in [-0.39, 0.29) is 0 Å². The van der Waals surface area contributed by atoms with Gasteiger partial charge in [0.15, 0.2) is 0 Å². The fourth-order valence-corrected chi connectivity index (χ4v) is 2.52. The van der Waals surface area contributed by atoms with Crippen molar-refractivity contribution in [2.75, 3.05) is 18.6 Å². The molecule has 0 bridgehead atoms. The normalized spacial score (nSPS) is 13.5. The van der Waals surface area contributed by atoms with E-state index in [4.69, 9.17) is 4.74 Å². The second kappa shape index (κ2) is 4.53. The maximum Gasteiger partial charge on any atom is 0.139 e. The highest BCUT2D eigenvalue weighted by Gasteiger charge is 2.23. The molecule has 98 valence electrons. The first kappa shape index (κ1) is 12.0. The van der Waals surface area contributed by atoms with Gasteiger partial charge in [0.25, 0.3) is 0 Å². The molecule has 0 saturated heterocycles. The van der Waals surface area contributed by atoms with Crippen LogP contribution in [0.1, 0.15) is 16.8 Å². The smallest absolute Gasteiger partial charge is 0.139 e. The molecule has 1 aromatic heterocycles. The summed E-state index contributed by atoms with van der Waals surface area (Å²) in [6.07, 6.45) is 2.66. The molecule has 1 aromatic carbocycles. The first-order chi connectivity index (χ1) is 9.20. The molecule has 0 N–H and O–H groups in total. The Hall–Kier alpha value is -2.10. The molecule has 0 radical (unpaired) electrons. The average Bonchev–Trinajstić information content (AvgIpc) is 2.84. The van der Waals surface area contributed by atoms with Crippen LogP contribution in [0.25, 0.3) is 0 Å². The highest BCUT2D eigenvalue weighted by molar-refractivity contribution is 5.70. The number of aryl methyl sites for hydroxylation is 1. The number of hydrogen-bond donors (Lipinski definition) is 0. The Bertz CT molecular complexity index is 625. The lowest BCUT2D eigenvalue weighted by Crippen LogP contribution is -2.16. The summed E-state index contributed by atoms with van der Waals surface area (Å²) in [5.74, 6) is 1.92. The first-order valence-electron chi connectivity index (χ1n) is 6.43. The fourth-order valence-electron chi connectivity index (χ4n) is 2.52. The van der Waals surface area contributed by atoms with Gasteiger partial charge in [-0.25, -0.2) is 9.97 Å². The van der Waals surface area contributed by atoms with E-state index >= 15 is 0 Å². The van der Waals surface area contributed by atoms with Gasteiger partial charge in [-0.05, 0) is 44.0 Å². The van der Waals surface area contributed by atoms with E-state index in [1.54, 1.807) is 13.4 Å². The molecule has 3 rings (SSSR count). The zero-order chi connectivity index (χ0) is 13.4. The number of anilines is 2. The molecule has 0 atom stereocenters. The molecule has 4 heteroatoms. The Morgan fingerprint density at radius 2 is 2.05 bits per heavy atom. The minimum Gasteiger partial charge on any atom is -0.497 e. The Labute approximate surface area is 113 Å². The van der Waals surface area contributed by atoms with Crippen molar-refractivity contribution in [3.8, 4) is 5.75 Å². The number of aromatic nitrogens is 2. The Kier molecular flexibility index (Phi) is 2.85. The van der Waals surface area contributed by atoms with Crippen LogP contribution in [0.15, 0.2) is 24.5 Å². The van der Waals surface area contributed by atoms with Crippen molar-refractivity contribution in [1.29, 1.82) is 0 Å². The van der Waals surface area contributed by atoms with Gasteiger partial charge in [0.1, 0.15) is 17.9 Å². The van der Waals surface area contributed by atoms with E-state index in [1.807, 2.05) is 13.0 Å². The van der Waals surface area contributed by atoms with E-state index in [1.165, 1.54) is 11.3 Å². The molecule has 0 unspecified atom stereocenters. The molecule has 1 aliphatic heterocycles. The molecule has 1 aliphatic rings. The number of fused-ring (bicyclic) bond motifs is 1. The molecular formula is C15H17N3O. The van der Waals surface area contributed by atoms with E-state index in [0.717, 1.165) is 35.8 Å². The van der Waals surface area contributed by atoms with Crippen molar-refractivity contribution >= 4 is 11.5 Å². The summed E-state index contributed by atoms with van der Waals surface area (Å²) in [5, 5.41) is 0. The number of benzene rings is 1. The molecule has 2 aromatic rings. The molecule has 0 aliphatic carbocycles. The van der Waals surface area contributed by atoms with E-state index in [9.17, 15) is 0 Å². The van der Waals surface area contributed by atoms with Crippen molar-refractivity contribution in [2.45, 2.75) is 20.3 Å². The topological polar surface area (TPSA) is 38.2 Å².